The van der Waals surface area contributed by atoms with Crippen molar-refractivity contribution in [1.82, 2.24) is 10.2 Å². The van der Waals surface area contributed by atoms with Gasteiger partial charge in [0, 0.05) is 24.7 Å². The summed E-state index contributed by atoms with van der Waals surface area (Å²) in [5.41, 5.74) is 0. The molecule has 1 N–H and O–H groups in total. The van der Waals surface area contributed by atoms with Gasteiger partial charge in [-0.05, 0) is 26.2 Å². The Bertz CT molecular complexity index is 237. The highest BCUT2D eigenvalue weighted by Crippen LogP contribution is 2.10. The van der Waals surface area contributed by atoms with Gasteiger partial charge in [0.05, 0.1) is 6.04 Å². The predicted molar refractivity (Wildman–Crippen MR) is 62.9 cm³/mol. The van der Waals surface area contributed by atoms with Crippen molar-refractivity contribution in [3.05, 3.63) is 11.6 Å². The summed E-state index contributed by atoms with van der Waals surface area (Å²) in [6.45, 7) is 7.73. The van der Waals surface area contributed by atoms with Gasteiger partial charge in [-0.25, -0.2) is 0 Å². The molecule has 0 saturated carbocycles. The quantitative estimate of drug-likeness (QED) is 0.798. The molecule has 1 aliphatic rings. The first-order valence-corrected chi connectivity index (χ1v) is 5.84. The Hall–Kier alpha value is -0.540. The van der Waals surface area contributed by atoms with Gasteiger partial charge in [-0.2, -0.15) is 0 Å². The van der Waals surface area contributed by atoms with E-state index in [9.17, 15) is 4.79 Å². The number of nitrogens with zero attached hydrogens (tertiary/aromatic N) is 1. The third kappa shape index (κ3) is 4.22. The minimum atomic E-state index is -0.168. The molecule has 0 aliphatic carbocycles. The highest BCUT2D eigenvalue weighted by molar-refractivity contribution is 6.29. The maximum atomic E-state index is 11.9. The predicted octanol–water partition coefficient (Wildman–Crippen LogP) is 1.73. The molecule has 0 aromatic heterocycles. The second-order valence-electron chi connectivity index (χ2n) is 4.01. The van der Waals surface area contributed by atoms with Crippen molar-refractivity contribution in [1.29, 1.82) is 0 Å². The molecule has 1 aliphatic heterocycles. The van der Waals surface area contributed by atoms with Crippen molar-refractivity contribution in [2.24, 2.45) is 0 Å². The molecular formula is C11H19ClN2O. The van der Waals surface area contributed by atoms with E-state index in [0.29, 0.717) is 11.6 Å². The molecule has 1 atom stereocenters. The van der Waals surface area contributed by atoms with E-state index in [1.807, 2.05) is 11.8 Å². The minimum absolute atomic E-state index is 0.168. The molecule has 86 valence electrons. The van der Waals surface area contributed by atoms with Gasteiger partial charge in [0.2, 0.25) is 5.91 Å². The number of nitrogens with one attached hydrogen (secondary N) is 1. The number of carbonyl (C=O) groups is 1. The van der Waals surface area contributed by atoms with E-state index in [1.165, 1.54) is 6.42 Å². The molecule has 1 unspecified atom stereocenters. The first-order valence-electron chi connectivity index (χ1n) is 5.46. The number of hydrogen-bond donors (Lipinski definition) is 1. The molecule has 0 bridgehead atoms. The molecule has 15 heavy (non-hydrogen) atoms. The van der Waals surface area contributed by atoms with Crippen LogP contribution in [0.3, 0.4) is 0 Å². The highest BCUT2D eigenvalue weighted by Gasteiger charge is 2.21. The van der Waals surface area contributed by atoms with Crippen LogP contribution in [0.25, 0.3) is 0 Å². The van der Waals surface area contributed by atoms with Gasteiger partial charge in [0.1, 0.15) is 0 Å². The number of carbonyl (C=O) groups excluding carboxylic acids is 1. The fourth-order valence-corrected chi connectivity index (χ4v) is 1.82. The molecular weight excluding hydrogens is 212 g/mol. The maximum Gasteiger partial charge on any atom is 0.239 e. The summed E-state index contributed by atoms with van der Waals surface area (Å²) < 4.78 is 0. The van der Waals surface area contributed by atoms with Gasteiger partial charge in [0.15, 0.2) is 0 Å². The average Bonchev–Trinajstić information content (AvgIpc) is 2.26. The van der Waals surface area contributed by atoms with Crippen LogP contribution in [-0.4, -0.2) is 36.5 Å². The van der Waals surface area contributed by atoms with E-state index in [1.54, 1.807) is 0 Å². The highest BCUT2D eigenvalue weighted by atomic mass is 35.5. The number of rotatable bonds is 4. The van der Waals surface area contributed by atoms with Crippen LogP contribution in [0.1, 0.15) is 26.2 Å². The molecule has 1 amide bonds. The summed E-state index contributed by atoms with van der Waals surface area (Å²) in [5.74, 6) is 0.174. The normalized spacial score (nSPS) is 18.7. The van der Waals surface area contributed by atoms with Gasteiger partial charge in [-0.1, -0.05) is 18.2 Å². The summed E-state index contributed by atoms with van der Waals surface area (Å²) in [5, 5.41) is 3.59. The van der Waals surface area contributed by atoms with E-state index < -0.39 is 0 Å². The third-order valence-corrected chi connectivity index (χ3v) is 2.77. The average molecular weight is 231 g/mol. The zero-order chi connectivity index (χ0) is 11.3. The Morgan fingerprint density at radius 3 is 2.60 bits per heavy atom. The summed E-state index contributed by atoms with van der Waals surface area (Å²) in [4.78, 5) is 13.8. The van der Waals surface area contributed by atoms with Crippen molar-refractivity contribution in [3.63, 3.8) is 0 Å². The Morgan fingerprint density at radius 1 is 1.47 bits per heavy atom. The Balaban J connectivity index is 2.33. The second-order valence-corrected chi connectivity index (χ2v) is 4.54. The van der Waals surface area contributed by atoms with E-state index in [-0.39, 0.29) is 11.9 Å². The molecule has 4 heteroatoms. The molecule has 0 aromatic carbocycles. The molecule has 0 aromatic rings. The smallest absolute Gasteiger partial charge is 0.239 e. The first kappa shape index (κ1) is 12.5. The Morgan fingerprint density at radius 2 is 2.07 bits per heavy atom. The molecule has 3 nitrogen and oxygen atoms in total. The van der Waals surface area contributed by atoms with Gasteiger partial charge in [0.25, 0.3) is 0 Å². The van der Waals surface area contributed by atoms with Crippen LogP contribution < -0.4 is 5.32 Å². The maximum absolute atomic E-state index is 11.9. The minimum Gasteiger partial charge on any atom is -0.341 e. The van der Waals surface area contributed by atoms with Gasteiger partial charge in [-0.3, -0.25) is 4.79 Å². The monoisotopic (exact) mass is 230 g/mol. The van der Waals surface area contributed by atoms with Crippen LogP contribution in [0.15, 0.2) is 11.6 Å². The van der Waals surface area contributed by atoms with Crippen LogP contribution in [0.4, 0.5) is 0 Å². The number of hydrogen-bond acceptors (Lipinski definition) is 2. The van der Waals surface area contributed by atoms with Crippen LogP contribution in [0.5, 0.6) is 0 Å². The van der Waals surface area contributed by atoms with E-state index >= 15 is 0 Å². The number of amides is 1. The van der Waals surface area contributed by atoms with Crippen molar-refractivity contribution < 1.29 is 4.79 Å². The van der Waals surface area contributed by atoms with Gasteiger partial charge in [-0.15, -0.1) is 0 Å². The summed E-state index contributed by atoms with van der Waals surface area (Å²) in [6, 6.07) is -0.168. The lowest BCUT2D eigenvalue weighted by Crippen LogP contribution is -2.47. The molecule has 1 fully saturated rings. The van der Waals surface area contributed by atoms with E-state index in [4.69, 9.17) is 11.6 Å². The number of halogens is 1. The SMILES string of the molecule is C=C(Cl)CNC(C)C(=O)N1CCCCC1. The lowest BCUT2D eigenvalue weighted by Gasteiger charge is -2.29. The van der Waals surface area contributed by atoms with Gasteiger partial charge < -0.3 is 10.2 Å². The lowest BCUT2D eigenvalue weighted by molar-refractivity contribution is -0.133. The first-order chi connectivity index (χ1) is 7.11. The molecule has 1 saturated heterocycles. The molecule has 0 radical (unpaired) electrons. The zero-order valence-corrected chi connectivity index (χ0v) is 10.0. The number of likely N-dealkylation sites (tertiary alicyclic amines) is 1. The third-order valence-electron chi connectivity index (χ3n) is 2.64. The lowest BCUT2D eigenvalue weighted by atomic mass is 10.1. The Labute approximate surface area is 96.5 Å². The largest absolute Gasteiger partial charge is 0.341 e. The van der Waals surface area contributed by atoms with Gasteiger partial charge >= 0.3 is 0 Å². The molecule has 1 rings (SSSR count). The Kier molecular flexibility index (Phi) is 5.12. The fourth-order valence-electron chi connectivity index (χ4n) is 1.74. The van der Waals surface area contributed by atoms with E-state index in [0.717, 1.165) is 25.9 Å². The van der Waals surface area contributed by atoms with E-state index in [2.05, 4.69) is 11.9 Å². The topological polar surface area (TPSA) is 32.3 Å². The summed E-state index contributed by atoms with van der Waals surface area (Å²) >= 11 is 5.63. The summed E-state index contributed by atoms with van der Waals surface area (Å²) in [6.07, 6.45) is 3.49. The van der Waals surface area contributed by atoms with Crippen molar-refractivity contribution in [2.45, 2.75) is 32.2 Å². The standard InChI is InChI=1S/C11H19ClN2O/c1-9(12)8-13-10(2)11(15)14-6-4-3-5-7-14/h10,13H,1,3-8H2,2H3. The van der Waals surface area contributed by atoms with Crippen molar-refractivity contribution in [2.75, 3.05) is 19.6 Å². The van der Waals surface area contributed by atoms with Crippen LogP contribution in [0.2, 0.25) is 0 Å². The zero-order valence-electron chi connectivity index (χ0n) is 9.26. The molecule has 1 heterocycles. The van der Waals surface area contributed by atoms with Crippen molar-refractivity contribution in [3.8, 4) is 0 Å². The summed E-state index contributed by atoms with van der Waals surface area (Å²) in [7, 11) is 0. The fraction of sp³-hybridized carbons (Fsp3) is 0.727. The number of piperidine rings is 1. The van der Waals surface area contributed by atoms with Crippen LogP contribution in [-0.2, 0) is 4.79 Å². The molecule has 0 spiro atoms. The van der Waals surface area contributed by atoms with Crippen LogP contribution in [0, 0.1) is 0 Å². The second kappa shape index (κ2) is 6.13. The van der Waals surface area contributed by atoms with Crippen LogP contribution >= 0.6 is 11.6 Å². The van der Waals surface area contributed by atoms with Crippen molar-refractivity contribution >= 4 is 17.5 Å².